The van der Waals surface area contributed by atoms with Gasteiger partial charge in [-0.25, -0.2) is 14.8 Å². The third-order valence-electron chi connectivity index (χ3n) is 5.31. The van der Waals surface area contributed by atoms with Crippen molar-refractivity contribution in [1.82, 2.24) is 19.5 Å². The molecule has 4 aromatic rings. The van der Waals surface area contributed by atoms with Gasteiger partial charge in [0.2, 0.25) is 5.65 Å². The Morgan fingerprint density at radius 3 is 2.86 bits per heavy atom. The molecule has 0 saturated carbocycles. The summed E-state index contributed by atoms with van der Waals surface area (Å²) < 4.78 is 61.9. The summed E-state index contributed by atoms with van der Waals surface area (Å²) in [6.07, 6.45) is 1.15. The lowest BCUT2D eigenvalue weighted by Gasteiger charge is -2.22. The minimum atomic E-state index is -4.72. The number of halogens is 3. The van der Waals surface area contributed by atoms with Crippen LogP contribution in [-0.4, -0.2) is 49.9 Å². The molecule has 1 N–H and O–H groups in total. The number of alkyl halides is 3. The molecule has 4 heterocycles. The second-order valence-corrected chi connectivity index (χ2v) is 7.67. The molecule has 3 aromatic heterocycles. The van der Waals surface area contributed by atoms with Crippen molar-refractivity contribution in [3.05, 3.63) is 54.3 Å². The van der Waals surface area contributed by atoms with Gasteiger partial charge in [-0.05, 0) is 25.0 Å². The maximum absolute atomic E-state index is 13.2. The summed E-state index contributed by atoms with van der Waals surface area (Å²) in [5, 5.41) is 13.4. The van der Waals surface area contributed by atoms with Gasteiger partial charge in [0.15, 0.2) is 5.69 Å². The van der Waals surface area contributed by atoms with Crippen LogP contribution in [0.2, 0.25) is 0 Å². The predicted octanol–water partition coefficient (Wildman–Crippen LogP) is 4.24. The minimum absolute atomic E-state index is 0.0437. The number of esters is 1. The normalized spacial score (nSPS) is 16.4. The van der Waals surface area contributed by atoms with E-state index in [0.717, 1.165) is 12.7 Å². The number of nitrogens with zero attached hydrogens (tertiary/aromatic N) is 4. The monoisotopic (exact) mass is 490 g/mol. The largest absolute Gasteiger partial charge is 0.507 e. The van der Waals surface area contributed by atoms with Gasteiger partial charge in [-0.1, -0.05) is 5.16 Å². The molecule has 1 fully saturated rings. The first kappa shape index (κ1) is 22.7. The van der Waals surface area contributed by atoms with Crippen molar-refractivity contribution >= 4 is 11.6 Å². The molecule has 10 nitrogen and oxygen atoms in total. The lowest BCUT2D eigenvalue weighted by molar-refractivity contribution is -0.142. The summed E-state index contributed by atoms with van der Waals surface area (Å²) in [6.45, 7) is 0.918. The highest BCUT2D eigenvalue weighted by atomic mass is 19.4. The van der Waals surface area contributed by atoms with Crippen LogP contribution in [-0.2, 0) is 15.7 Å². The van der Waals surface area contributed by atoms with E-state index >= 15 is 0 Å². The number of phenolic OH excluding ortho intramolecular Hbond substituents is 1. The van der Waals surface area contributed by atoms with Crippen LogP contribution in [0.25, 0.3) is 16.9 Å². The van der Waals surface area contributed by atoms with E-state index in [2.05, 4.69) is 19.6 Å². The second kappa shape index (κ2) is 8.91. The average Bonchev–Trinajstić information content (AvgIpc) is 3.47. The second-order valence-electron chi connectivity index (χ2n) is 7.67. The van der Waals surface area contributed by atoms with Gasteiger partial charge in [0.25, 0.3) is 5.88 Å². The number of fused-ring (bicyclic) bond motifs is 1. The van der Waals surface area contributed by atoms with Gasteiger partial charge in [-0.2, -0.15) is 13.2 Å². The van der Waals surface area contributed by atoms with Crippen LogP contribution in [0, 0.1) is 0 Å². The molecule has 1 unspecified atom stereocenters. The van der Waals surface area contributed by atoms with Crippen molar-refractivity contribution in [2.75, 3.05) is 13.2 Å². The lowest BCUT2D eigenvalue weighted by atomic mass is 10.1. The number of aromatic nitrogens is 4. The number of ether oxygens (including phenoxy) is 3. The molecule has 1 aliphatic rings. The van der Waals surface area contributed by atoms with Crippen molar-refractivity contribution in [1.29, 1.82) is 0 Å². The SMILES string of the molecule is O=C(OC1CCCOC1)c1ccc(Oc2nccn3c(-c4conc4C(F)(F)F)cnc23)cc1O. The van der Waals surface area contributed by atoms with Crippen LogP contribution in [0.4, 0.5) is 13.2 Å². The Kier molecular flexibility index (Phi) is 5.76. The molecule has 0 amide bonds. The zero-order valence-corrected chi connectivity index (χ0v) is 17.9. The van der Waals surface area contributed by atoms with E-state index in [1.165, 1.54) is 41.2 Å². The molecular formula is C22H17F3N4O6. The van der Waals surface area contributed by atoms with Crippen molar-refractivity contribution in [2.45, 2.75) is 25.1 Å². The molecule has 13 heteroatoms. The van der Waals surface area contributed by atoms with E-state index in [0.29, 0.717) is 19.6 Å². The number of benzene rings is 1. The molecular weight excluding hydrogens is 473 g/mol. The number of rotatable bonds is 5. The molecule has 1 atom stereocenters. The summed E-state index contributed by atoms with van der Waals surface area (Å²) in [5.41, 5.74) is -1.37. The zero-order chi connectivity index (χ0) is 24.6. The topological polar surface area (TPSA) is 121 Å². The van der Waals surface area contributed by atoms with Gasteiger partial charge in [-0.3, -0.25) is 4.40 Å². The highest BCUT2D eigenvalue weighted by molar-refractivity contribution is 5.92. The highest BCUT2D eigenvalue weighted by Crippen LogP contribution is 2.37. The Labute approximate surface area is 194 Å². The fourth-order valence-corrected chi connectivity index (χ4v) is 3.67. The van der Waals surface area contributed by atoms with Gasteiger partial charge in [0.05, 0.1) is 24.1 Å². The number of phenols is 1. The Balaban J connectivity index is 1.39. The highest BCUT2D eigenvalue weighted by Gasteiger charge is 2.38. The summed E-state index contributed by atoms with van der Waals surface area (Å²) in [4.78, 5) is 20.6. The van der Waals surface area contributed by atoms with E-state index in [1.54, 1.807) is 0 Å². The van der Waals surface area contributed by atoms with E-state index in [4.69, 9.17) is 14.2 Å². The standard InChI is InChI=1S/C22H17F3N4O6/c23-22(24,25)18-15(11-33-28-18)16-9-27-19-20(26-5-6-29(16)19)34-12-3-4-14(17(30)8-12)21(31)35-13-2-1-7-32-10-13/h3-6,8-9,11,13,30H,1-2,7,10H2. The van der Waals surface area contributed by atoms with Crippen LogP contribution < -0.4 is 4.74 Å². The molecule has 1 aromatic carbocycles. The number of carbonyl (C=O) groups excluding carboxylic acids is 1. The summed E-state index contributed by atoms with van der Waals surface area (Å²) in [7, 11) is 0. The Morgan fingerprint density at radius 1 is 1.26 bits per heavy atom. The van der Waals surface area contributed by atoms with Crippen molar-refractivity contribution in [3.8, 4) is 28.6 Å². The third-order valence-corrected chi connectivity index (χ3v) is 5.31. The molecule has 182 valence electrons. The van der Waals surface area contributed by atoms with Crippen LogP contribution >= 0.6 is 0 Å². The lowest BCUT2D eigenvalue weighted by Crippen LogP contribution is -2.28. The van der Waals surface area contributed by atoms with Crippen LogP contribution in [0.15, 0.2) is 47.6 Å². The summed E-state index contributed by atoms with van der Waals surface area (Å²) in [6, 6.07) is 3.95. The average molecular weight is 490 g/mol. The summed E-state index contributed by atoms with van der Waals surface area (Å²) in [5.74, 6) is -1.000. The molecule has 1 saturated heterocycles. The van der Waals surface area contributed by atoms with Crippen LogP contribution in [0.1, 0.15) is 28.9 Å². The van der Waals surface area contributed by atoms with Crippen molar-refractivity contribution in [3.63, 3.8) is 0 Å². The molecule has 0 aliphatic carbocycles. The first-order chi connectivity index (χ1) is 16.8. The van der Waals surface area contributed by atoms with Crippen molar-refractivity contribution in [2.24, 2.45) is 0 Å². The Bertz CT molecular complexity index is 1380. The summed E-state index contributed by atoms with van der Waals surface area (Å²) >= 11 is 0. The maximum Gasteiger partial charge on any atom is 0.437 e. The number of aromatic hydroxyl groups is 1. The fourth-order valence-electron chi connectivity index (χ4n) is 3.67. The van der Waals surface area contributed by atoms with Gasteiger partial charge in [0.1, 0.15) is 29.4 Å². The van der Waals surface area contributed by atoms with Crippen LogP contribution in [0.5, 0.6) is 17.4 Å². The number of hydrogen-bond acceptors (Lipinski definition) is 9. The molecule has 0 spiro atoms. The van der Waals surface area contributed by atoms with Gasteiger partial charge >= 0.3 is 12.1 Å². The first-order valence-electron chi connectivity index (χ1n) is 10.4. The van der Waals surface area contributed by atoms with E-state index in [1.807, 2.05) is 0 Å². The third kappa shape index (κ3) is 4.49. The number of hydrogen-bond donors (Lipinski definition) is 1. The van der Waals surface area contributed by atoms with Crippen LogP contribution in [0.3, 0.4) is 0 Å². The molecule has 0 radical (unpaired) electrons. The molecule has 0 bridgehead atoms. The predicted molar refractivity (Wildman–Crippen MR) is 111 cm³/mol. The Hall–Kier alpha value is -4.13. The van der Waals surface area contributed by atoms with E-state index < -0.39 is 17.8 Å². The quantitative estimate of drug-likeness (QED) is 0.410. The minimum Gasteiger partial charge on any atom is -0.507 e. The Morgan fingerprint density at radius 2 is 2.11 bits per heavy atom. The van der Waals surface area contributed by atoms with Crippen molar-refractivity contribution < 1.29 is 41.8 Å². The maximum atomic E-state index is 13.2. The number of carbonyl (C=O) groups is 1. The van der Waals surface area contributed by atoms with Gasteiger partial charge in [0, 0.05) is 25.1 Å². The molecule has 5 rings (SSSR count). The number of imidazole rings is 1. The molecule has 1 aliphatic heterocycles. The van der Waals surface area contributed by atoms with E-state index in [9.17, 15) is 23.1 Å². The van der Waals surface area contributed by atoms with Gasteiger partial charge < -0.3 is 23.8 Å². The van der Waals surface area contributed by atoms with Gasteiger partial charge in [-0.15, -0.1) is 0 Å². The zero-order valence-electron chi connectivity index (χ0n) is 17.9. The smallest absolute Gasteiger partial charge is 0.437 e. The first-order valence-corrected chi connectivity index (χ1v) is 10.4. The van der Waals surface area contributed by atoms with E-state index in [-0.39, 0.29) is 46.0 Å². The fraction of sp³-hybridized carbons (Fsp3) is 0.273. The molecule has 35 heavy (non-hydrogen) atoms.